The number of anilines is 1. The molecule has 0 N–H and O–H groups in total. The van der Waals surface area contributed by atoms with Crippen LogP contribution in [-0.4, -0.2) is 47.6 Å². The van der Waals surface area contributed by atoms with Gasteiger partial charge >= 0.3 is 0 Å². The number of para-hydroxylation sites is 1. The molecule has 4 rings (SSSR count). The van der Waals surface area contributed by atoms with E-state index in [2.05, 4.69) is 9.88 Å². The van der Waals surface area contributed by atoms with Crippen molar-refractivity contribution in [1.29, 1.82) is 0 Å². The first kappa shape index (κ1) is 14.4. The number of ether oxygens (including phenoxy) is 1. The zero-order chi connectivity index (χ0) is 15.6. The van der Waals surface area contributed by atoms with Crippen molar-refractivity contribution in [3.05, 3.63) is 60.4 Å². The maximum atomic E-state index is 12.4. The Labute approximate surface area is 135 Å². The highest BCUT2D eigenvalue weighted by Gasteiger charge is 2.43. The summed E-state index contributed by atoms with van der Waals surface area (Å²) < 4.78 is 5.78. The quantitative estimate of drug-likeness (QED) is 0.866. The minimum Gasteiger partial charge on any atom is -0.365 e. The van der Waals surface area contributed by atoms with Crippen LogP contribution in [0.4, 0.5) is 5.69 Å². The van der Waals surface area contributed by atoms with Crippen molar-refractivity contribution in [2.75, 3.05) is 24.6 Å². The lowest BCUT2D eigenvalue weighted by molar-refractivity contribution is -0.130. The Morgan fingerprint density at radius 3 is 2.70 bits per heavy atom. The molecule has 1 amide bonds. The van der Waals surface area contributed by atoms with Crippen molar-refractivity contribution in [2.45, 2.75) is 18.7 Å². The molecule has 118 valence electrons. The summed E-state index contributed by atoms with van der Waals surface area (Å²) in [5, 5.41) is 0. The Bertz CT molecular complexity index is 677. The number of likely N-dealkylation sites (tertiary alicyclic amines) is 1. The summed E-state index contributed by atoms with van der Waals surface area (Å²) >= 11 is 0. The maximum Gasteiger partial charge on any atom is 0.253 e. The minimum atomic E-state index is 0.0390. The second-order valence-electron chi connectivity index (χ2n) is 6.03. The van der Waals surface area contributed by atoms with E-state index in [1.165, 1.54) is 0 Å². The van der Waals surface area contributed by atoms with Gasteiger partial charge in [0.1, 0.15) is 6.61 Å². The van der Waals surface area contributed by atoms with Gasteiger partial charge in [-0.1, -0.05) is 24.3 Å². The van der Waals surface area contributed by atoms with Crippen LogP contribution in [0.3, 0.4) is 0 Å². The number of aromatic nitrogens is 1. The van der Waals surface area contributed by atoms with Crippen LogP contribution in [0.5, 0.6) is 0 Å². The Hall–Kier alpha value is -2.24. The van der Waals surface area contributed by atoms with Crippen LogP contribution >= 0.6 is 0 Å². The summed E-state index contributed by atoms with van der Waals surface area (Å²) in [6.07, 6.45) is 1.88. The van der Waals surface area contributed by atoms with Crippen molar-refractivity contribution in [1.82, 2.24) is 9.88 Å². The van der Waals surface area contributed by atoms with Gasteiger partial charge in [-0.3, -0.25) is 14.7 Å². The van der Waals surface area contributed by atoms with E-state index in [0.29, 0.717) is 0 Å². The molecule has 1 aromatic carbocycles. The van der Waals surface area contributed by atoms with E-state index in [1.54, 1.807) is 0 Å². The van der Waals surface area contributed by atoms with Gasteiger partial charge in [-0.2, -0.15) is 0 Å². The van der Waals surface area contributed by atoms with Gasteiger partial charge in [-0.05, 0) is 24.3 Å². The molecule has 0 saturated carbocycles. The number of hydrogen-bond acceptors (Lipinski definition) is 4. The van der Waals surface area contributed by atoms with Gasteiger partial charge in [0.05, 0.1) is 17.8 Å². The van der Waals surface area contributed by atoms with Gasteiger partial charge in [0.25, 0.3) is 5.91 Å². The van der Waals surface area contributed by atoms with Crippen molar-refractivity contribution in [3.8, 4) is 0 Å². The van der Waals surface area contributed by atoms with Crippen LogP contribution < -0.4 is 4.90 Å². The van der Waals surface area contributed by atoms with Gasteiger partial charge < -0.3 is 9.64 Å². The van der Waals surface area contributed by atoms with Crippen molar-refractivity contribution in [2.24, 2.45) is 0 Å². The highest BCUT2D eigenvalue weighted by molar-refractivity contribution is 5.95. The molecule has 0 bridgehead atoms. The molecular weight excluding hydrogens is 290 g/mol. The SMILES string of the molecule is O=C1COC2CN(Cc3ccccn3)CC2N1c1ccccc1. The van der Waals surface area contributed by atoms with Crippen molar-refractivity contribution >= 4 is 11.6 Å². The van der Waals surface area contributed by atoms with E-state index in [9.17, 15) is 4.79 Å². The summed E-state index contributed by atoms with van der Waals surface area (Å²) in [6.45, 7) is 2.58. The number of hydrogen-bond donors (Lipinski definition) is 0. The monoisotopic (exact) mass is 309 g/mol. The van der Waals surface area contributed by atoms with Gasteiger partial charge in [-0.25, -0.2) is 0 Å². The summed E-state index contributed by atoms with van der Waals surface area (Å²) in [7, 11) is 0. The molecule has 2 fully saturated rings. The molecule has 5 heteroatoms. The topological polar surface area (TPSA) is 45.7 Å². The zero-order valence-electron chi connectivity index (χ0n) is 12.8. The van der Waals surface area contributed by atoms with Crippen LogP contribution in [-0.2, 0) is 16.1 Å². The largest absolute Gasteiger partial charge is 0.365 e. The number of fused-ring (bicyclic) bond motifs is 1. The number of carbonyl (C=O) groups is 1. The Morgan fingerprint density at radius 2 is 1.91 bits per heavy atom. The van der Waals surface area contributed by atoms with Crippen molar-refractivity contribution in [3.63, 3.8) is 0 Å². The van der Waals surface area contributed by atoms with Crippen LogP contribution in [0, 0.1) is 0 Å². The van der Waals surface area contributed by atoms with E-state index < -0.39 is 0 Å². The fourth-order valence-corrected chi connectivity index (χ4v) is 3.45. The number of rotatable bonds is 3. The van der Waals surface area contributed by atoms with E-state index in [4.69, 9.17) is 4.74 Å². The predicted octanol–water partition coefficient (Wildman–Crippen LogP) is 1.70. The minimum absolute atomic E-state index is 0.0390. The average Bonchev–Trinajstić information content (AvgIpc) is 2.99. The fraction of sp³-hybridized carbons (Fsp3) is 0.333. The Balaban J connectivity index is 1.53. The predicted molar refractivity (Wildman–Crippen MR) is 87.0 cm³/mol. The smallest absolute Gasteiger partial charge is 0.253 e. The Morgan fingerprint density at radius 1 is 1.09 bits per heavy atom. The second kappa shape index (κ2) is 6.10. The summed E-state index contributed by atoms with van der Waals surface area (Å²) in [4.78, 5) is 21.0. The first-order chi connectivity index (χ1) is 11.3. The molecule has 0 radical (unpaired) electrons. The number of pyridine rings is 1. The number of amides is 1. The van der Waals surface area contributed by atoms with Crippen LogP contribution in [0.15, 0.2) is 54.7 Å². The standard InChI is InChI=1S/C18H19N3O2/c22-18-13-23-17-12-20(10-14-6-4-5-9-19-14)11-16(17)21(18)15-7-2-1-3-8-15/h1-9,16-17H,10-13H2. The first-order valence-corrected chi connectivity index (χ1v) is 7.92. The number of morpholine rings is 1. The molecule has 2 aromatic rings. The third kappa shape index (κ3) is 2.85. The molecule has 5 nitrogen and oxygen atoms in total. The second-order valence-corrected chi connectivity index (χ2v) is 6.03. The number of nitrogens with zero attached hydrogens (tertiary/aromatic N) is 3. The van der Waals surface area contributed by atoms with Crippen molar-refractivity contribution < 1.29 is 9.53 Å². The summed E-state index contributed by atoms with van der Waals surface area (Å²) in [5.74, 6) is 0.0390. The highest BCUT2D eigenvalue weighted by Crippen LogP contribution is 2.29. The zero-order valence-corrected chi connectivity index (χ0v) is 12.8. The lowest BCUT2D eigenvalue weighted by Gasteiger charge is -2.36. The molecule has 2 unspecified atom stereocenters. The maximum absolute atomic E-state index is 12.4. The molecule has 3 heterocycles. The van der Waals surface area contributed by atoms with Gasteiger partial charge in [0.2, 0.25) is 0 Å². The van der Waals surface area contributed by atoms with E-state index >= 15 is 0 Å². The summed E-state index contributed by atoms with van der Waals surface area (Å²) in [5.41, 5.74) is 2.00. The van der Waals surface area contributed by atoms with E-state index in [1.807, 2.05) is 59.6 Å². The Kier molecular flexibility index (Phi) is 3.81. The molecule has 1 aromatic heterocycles. The molecule has 2 aliphatic heterocycles. The molecule has 2 atom stereocenters. The molecule has 0 aliphatic carbocycles. The van der Waals surface area contributed by atoms with Gasteiger partial charge in [0, 0.05) is 31.5 Å². The third-order valence-electron chi connectivity index (χ3n) is 4.48. The molecule has 23 heavy (non-hydrogen) atoms. The van der Waals surface area contributed by atoms with Gasteiger partial charge in [-0.15, -0.1) is 0 Å². The van der Waals surface area contributed by atoms with E-state index in [-0.39, 0.29) is 24.7 Å². The first-order valence-electron chi connectivity index (χ1n) is 7.92. The number of carbonyl (C=O) groups excluding carboxylic acids is 1. The summed E-state index contributed by atoms with van der Waals surface area (Å²) in [6, 6.07) is 15.9. The average molecular weight is 309 g/mol. The third-order valence-corrected chi connectivity index (χ3v) is 4.48. The molecule has 2 saturated heterocycles. The normalized spacial score (nSPS) is 24.7. The van der Waals surface area contributed by atoms with Gasteiger partial charge in [0.15, 0.2) is 0 Å². The number of benzene rings is 1. The van der Waals surface area contributed by atoms with Crippen LogP contribution in [0.1, 0.15) is 5.69 Å². The lowest BCUT2D eigenvalue weighted by Crippen LogP contribution is -2.54. The van der Waals surface area contributed by atoms with Crippen LogP contribution in [0.2, 0.25) is 0 Å². The molecule has 0 spiro atoms. The van der Waals surface area contributed by atoms with E-state index in [0.717, 1.165) is 31.0 Å². The highest BCUT2D eigenvalue weighted by atomic mass is 16.5. The fourth-order valence-electron chi connectivity index (χ4n) is 3.45. The van der Waals surface area contributed by atoms with Crippen LogP contribution in [0.25, 0.3) is 0 Å². The lowest BCUT2D eigenvalue weighted by atomic mass is 10.1. The molecule has 2 aliphatic rings. The molecular formula is C18H19N3O2.